The van der Waals surface area contributed by atoms with E-state index in [4.69, 9.17) is 9.47 Å². The van der Waals surface area contributed by atoms with Crippen LogP contribution in [0.5, 0.6) is 11.5 Å². The number of fused-ring (bicyclic) bond motifs is 1. The van der Waals surface area contributed by atoms with Crippen LogP contribution in [0.25, 0.3) is 0 Å². The van der Waals surface area contributed by atoms with E-state index in [2.05, 4.69) is 21.6 Å². The van der Waals surface area contributed by atoms with Crippen LogP contribution in [0, 0.1) is 0 Å². The molecule has 0 aliphatic carbocycles. The molecule has 154 valence electrons. The van der Waals surface area contributed by atoms with Gasteiger partial charge >= 0.3 is 0 Å². The number of rotatable bonds is 4. The zero-order valence-corrected chi connectivity index (χ0v) is 16.6. The highest BCUT2D eigenvalue weighted by Gasteiger charge is 2.31. The first-order chi connectivity index (χ1) is 14.8. The summed E-state index contributed by atoms with van der Waals surface area (Å²) in [4.78, 5) is 15.2. The Balaban J connectivity index is 1.33. The van der Waals surface area contributed by atoms with E-state index in [1.54, 1.807) is 11.0 Å². The molecule has 1 atom stereocenters. The molecule has 0 spiro atoms. The van der Waals surface area contributed by atoms with Crippen LogP contribution in [-0.2, 0) is 6.54 Å². The number of aromatic nitrogens is 4. The van der Waals surface area contributed by atoms with E-state index < -0.39 is 0 Å². The zero-order chi connectivity index (χ0) is 20.3. The number of amides is 1. The van der Waals surface area contributed by atoms with Crippen LogP contribution in [0.1, 0.15) is 46.8 Å². The highest BCUT2D eigenvalue weighted by atomic mass is 16.5. The first-order valence-corrected chi connectivity index (χ1v) is 10.3. The smallest absolute Gasteiger partial charge is 0.254 e. The van der Waals surface area contributed by atoms with Crippen molar-refractivity contribution >= 4 is 5.91 Å². The lowest BCUT2D eigenvalue weighted by Gasteiger charge is -2.26. The lowest BCUT2D eigenvalue weighted by Crippen LogP contribution is -2.30. The van der Waals surface area contributed by atoms with E-state index in [-0.39, 0.29) is 11.9 Å². The summed E-state index contributed by atoms with van der Waals surface area (Å²) in [6.45, 7) is 2.65. The number of carbonyl (C=O) groups is 1. The second kappa shape index (κ2) is 8.14. The number of hydrogen-bond acceptors (Lipinski definition) is 6. The Morgan fingerprint density at radius 3 is 2.67 bits per heavy atom. The topological polar surface area (TPSA) is 82.4 Å². The minimum Gasteiger partial charge on any atom is -0.490 e. The molecule has 2 aliphatic heterocycles. The molecule has 1 aromatic heterocycles. The fourth-order valence-corrected chi connectivity index (χ4v) is 4.10. The number of ether oxygens (including phenoxy) is 2. The Bertz CT molecular complexity index is 1020. The maximum atomic E-state index is 13.2. The number of benzene rings is 2. The molecule has 2 aromatic carbocycles. The molecule has 2 aliphatic rings. The number of tetrazole rings is 1. The van der Waals surface area contributed by atoms with Gasteiger partial charge in [0.2, 0.25) is 0 Å². The van der Waals surface area contributed by atoms with Crippen molar-refractivity contribution in [3.05, 3.63) is 65.5 Å². The molecule has 0 N–H and O–H groups in total. The van der Waals surface area contributed by atoms with E-state index in [9.17, 15) is 4.79 Å². The van der Waals surface area contributed by atoms with Gasteiger partial charge in [-0.25, -0.2) is 4.68 Å². The van der Waals surface area contributed by atoms with Gasteiger partial charge in [-0.05, 0) is 58.7 Å². The molecule has 5 rings (SSSR count). The highest BCUT2D eigenvalue weighted by molar-refractivity contribution is 5.94. The zero-order valence-electron chi connectivity index (χ0n) is 16.6. The Hall–Kier alpha value is -3.42. The van der Waals surface area contributed by atoms with Crippen molar-refractivity contribution in [3.8, 4) is 11.5 Å². The lowest BCUT2D eigenvalue weighted by molar-refractivity contribution is 0.0735. The molecule has 8 nitrogen and oxygen atoms in total. The van der Waals surface area contributed by atoms with Crippen LogP contribution in [0.15, 0.2) is 48.8 Å². The monoisotopic (exact) mass is 405 g/mol. The fraction of sp³-hybridized carbons (Fsp3) is 0.364. The Labute approximate surface area is 174 Å². The number of nitrogens with zero attached hydrogens (tertiary/aromatic N) is 5. The Morgan fingerprint density at radius 2 is 1.87 bits per heavy atom. The van der Waals surface area contributed by atoms with Crippen LogP contribution in [0.2, 0.25) is 0 Å². The molecule has 1 fully saturated rings. The van der Waals surface area contributed by atoms with E-state index in [1.807, 2.05) is 41.3 Å². The van der Waals surface area contributed by atoms with Crippen LogP contribution in [-0.4, -0.2) is 50.8 Å². The fourth-order valence-electron chi connectivity index (χ4n) is 4.10. The van der Waals surface area contributed by atoms with Crippen LogP contribution < -0.4 is 9.47 Å². The molecule has 30 heavy (non-hydrogen) atoms. The number of hydrogen-bond donors (Lipinski definition) is 0. The average Bonchev–Trinajstić information content (AvgIpc) is 3.41. The second-order valence-corrected chi connectivity index (χ2v) is 7.62. The molecule has 0 radical (unpaired) electrons. The molecule has 1 amide bonds. The summed E-state index contributed by atoms with van der Waals surface area (Å²) < 4.78 is 13.2. The van der Waals surface area contributed by atoms with E-state index >= 15 is 0 Å². The summed E-state index contributed by atoms with van der Waals surface area (Å²) in [6.07, 6.45) is 4.38. The summed E-state index contributed by atoms with van der Waals surface area (Å²) in [7, 11) is 0. The number of likely N-dealkylation sites (tertiary alicyclic amines) is 1. The third-order valence-electron chi connectivity index (χ3n) is 5.61. The predicted octanol–water partition coefficient (Wildman–Crippen LogP) is 2.86. The van der Waals surface area contributed by atoms with Gasteiger partial charge in [-0.3, -0.25) is 4.79 Å². The highest BCUT2D eigenvalue weighted by Crippen LogP contribution is 2.38. The molecule has 3 heterocycles. The van der Waals surface area contributed by atoms with E-state index in [0.29, 0.717) is 25.3 Å². The van der Waals surface area contributed by atoms with Gasteiger partial charge in [0.25, 0.3) is 5.91 Å². The first kappa shape index (κ1) is 18.6. The summed E-state index contributed by atoms with van der Waals surface area (Å²) in [6, 6.07) is 13.8. The number of carbonyl (C=O) groups excluding carboxylic acids is 1. The molecule has 8 heteroatoms. The summed E-state index contributed by atoms with van der Waals surface area (Å²) in [5.74, 6) is 1.61. The van der Waals surface area contributed by atoms with Gasteiger partial charge < -0.3 is 14.4 Å². The van der Waals surface area contributed by atoms with Crippen molar-refractivity contribution < 1.29 is 14.3 Å². The van der Waals surface area contributed by atoms with Crippen molar-refractivity contribution in [1.82, 2.24) is 25.1 Å². The standard InChI is InChI=1S/C22H23N5O3/c28-22(17-6-4-16(5-7-17)14-26-15-23-24-25-26)27-10-1-3-19(27)18-8-9-20-21(13-18)30-12-2-11-29-20/h4-9,13,15,19H,1-3,10-12,14H2/t19-/m0/s1. The largest absolute Gasteiger partial charge is 0.490 e. The molecule has 0 unspecified atom stereocenters. The summed E-state index contributed by atoms with van der Waals surface area (Å²) in [5.41, 5.74) is 2.83. The normalized spacial score (nSPS) is 18.3. The van der Waals surface area contributed by atoms with Gasteiger partial charge in [0.15, 0.2) is 11.5 Å². The van der Waals surface area contributed by atoms with Crippen molar-refractivity contribution in [3.63, 3.8) is 0 Å². The van der Waals surface area contributed by atoms with Gasteiger partial charge in [-0.1, -0.05) is 18.2 Å². The Kier molecular flexibility index (Phi) is 5.04. The van der Waals surface area contributed by atoms with Gasteiger partial charge in [0.05, 0.1) is 25.8 Å². The molecular weight excluding hydrogens is 382 g/mol. The maximum Gasteiger partial charge on any atom is 0.254 e. The predicted molar refractivity (Wildman–Crippen MR) is 108 cm³/mol. The van der Waals surface area contributed by atoms with Gasteiger partial charge in [-0.2, -0.15) is 0 Å². The van der Waals surface area contributed by atoms with E-state index in [0.717, 1.165) is 48.4 Å². The van der Waals surface area contributed by atoms with Crippen LogP contribution >= 0.6 is 0 Å². The molecule has 0 bridgehead atoms. The third-order valence-corrected chi connectivity index (χ3v) is 5.61. The van der Waals surface area contributed by atoms with Gasteiger partial charge in [-0.15, -0.1) is 5.10 Å². The maximum absolute atomic E-state index is 13.2. The first-order valence-electron chi connectivity index (χ1n) is 10.3. The lowest BCUT2D eigenvalue weighted by atomic mass is 10.0. The summed E-state index contributed by atoms with van der Waals surface area (Å²) >= 11 is 0. The van der Waals surface area contributed by atoms with Gasteiger partial charge in [0, 0.05) is 18.5 Å². The third kappa shape index (κ3) is 3.72. The van der Waals surface area contributed by atoms with Crippen molar-refractivity contribution in [2.24, 2.45) is 0 Å². The SMILES string of the molecule is O=C(c1ccc(Cn2cnnn2)cc1)N1CCC[C@H]1c1ccc2c(c1)OCCCO2. The van der Waals surface area contributed by atoms with E-state index in [1.165, 1.54) is 0 Å². The molecule has 0 saturated carbocycles. The molecule has 3 aromatic rings. The van der Waals surface area contributed by atoms with Crippen molar-refractivity contribution in [2.45, 2.75) is 31.8 Å². The van der Waals surface area contributed by atoms with Crippen molar-refractivity contribution in [1.29, 1.82) is 0 Å². The summed E-state index contributed by atoms with van der Waals surface area (Å²) in [5, 5.41) is 11.2. The Morgan fingerprint density at radius 1 is 1.03 bits per heavy atom. The van der Waals surface area contributed by atoms with Crippen LogP contribution in [0.3, 0.4) is 0 Å². The minimum atomic E-state index is 0.0514. The second-order valence-electron chi connectivity index (χ2n) is 7.62. The van der Waals surface area contributed by atoms with Gasteiger partial charge in [0.1, 0.15) is 6.33 Å². The minimum absolute atomic E-state index is 0.0514. The average molecular weight is 405 g/mol. The molecular formula is C22H23N5O3. The van der Waals surface area contributed by atoms with Crippen LogP contribution in [0.4, 0.5) is 0 Å². The van der Waals surface area contributed by atoms with Crippen molar-refractivity contribution in [2.75, 3.05) is 19.8 Å². The quantitative estimate of drug-likeness (QED) is 0.664. The molecule has 1 saturated heterocycles.